The van der Waals surface area contributed by atoms with Crippen LogP contribution in [0.4, 0.5) is 11.4 Å². The predicted molar refractivity (Wildman–Crippen MR) is 114 cm³/mol. The summed E-state index contributed by atoms with van der Waals surface area (Å²) in [5.74, 6) is -0.603. The molecule has 0 aliphatic heterocycles. The van der Waals surface area contributed by atoms with Crippen LogP contribution in [0.25, 0.3) is 0 Å². The van der Waals surface area contributed by atoms with Crippen molar-refractivity contribution in [1.29, 1.82) is 0 Å². The van der Waals surface area contributed by atoms with Crippen molar-refractivity contribution in [1.82, 2.24) is 0 Å². The average molecular weight is 400 g/mol. The Kier molecular flexibility index (Phi) is 4.91. The van der Waals surface area contributed by atoms with Gasteiger partial charge >= 0.3 is 0 Å². The summed E-state index contributed by atoms with van der Waals surface area (Å²) in [6.45, 7) is 1.80. The Bertz CT molecular complexity index is 1170. The van der Waals surface area contributed by atoms with Gasteiger partial charge < -0.3 is 10.2 Å². The standard InChI is InChI=1S/C24H21N3O3/c1-15(27-12-10-17(11-13-27)26(2)3)24(30)25-16-8-9-20-21(14-16)23(29)19-7-5-4-6-18(19)22(20)28/h4-15H,1-3H3/p+1/t15-/m0/s1. The molecule has 1 aliphatic carbocycles. The molecule has 0 radical (unpaired) electrons. The Balaban J connectivity index is 1.56. The molecule has 0 spiro atoms. The minimum absolute atomic E-state index is 0.178. The van der Waals surface area contributed by atoms with Crippen molar-refractivity contribution in [3.63, 3.8) is 0 Å². The lowest BCUT2D eigenvalue weighted by molar-refractivity contribution is -0.705. The topological polar surface area (TPSA) is 70.4 Å². The number of anilines is 2. The number of pyridine rings is 1. The number of carbonyl (C=O) groups excluding carboxylic acids is 3. The van der Waals surface area contributed by atoms with Gasteiger partial charge in [-0.3, -0.25) is 14.4 Å². The van der Waals surface area contributed by atoms with Crippen LogP contribution in [0.5, 0.6) is 0 Å². The number of hydrogen-bond acceptors (Lipinski definition) is 4. The second kappa shape index (κ2) is 7.55. The molecule has 6 heteroatoms. The number of nitrogens with zero attached hydrogens (tertiary/aromatic N) is 2. The molecule has 0 saturated heterocycles. The van der Waals surface area contributed by atoms with E-state index in [4.69, 9.17) is 0 Å². The van der Waals surface area contributed by atoms with Crippen LogP contribution in [0, 0.1) is 0 Å². The first kappa shape index (κ1) is 19.5. The zero-order valence-corrected chi connectivity index (χ0v) is 17.0. The number of nitrogens with one attached hydrogen (secondary N) is 1. The van der Waals surface area contributed by atoms with Crippen LogP contribution in [-0.2, 0) is 4.79 Å². The molecule has 1 heterocycles. The van der Waals surface area contributed by atoms with E-state index in [-0.39, 0.29) is 17.5 Å². The van der Waals surface area contributed by atoms with Gasteiger partial charge in [0.15, 0.2) is 24.0 Å². The normalized spacial score (nSPS) is 13.3. The van der Waals surface area contributed by atoms with E-state index in [0.29, 0.717) is 27.9 Å². The van der Waals surface area contributed by atoms with Gasteiger partial charge in [-0.05, 0) is 18.2 Å². The van der Waals surface area contributed by atoms with E-state index in [1.165, 1.54) is 0 Å². The van der Waals surface area contributed by atoms with Crippen LogP contribution in [0.2, 0.25) is 0 Å². The Hall–Kier alpha value is -3.80. The summed E-state index contributed by atoms with van der Waals surface area (Å²) in [5, 5.41) is 2.85. The maximum atomic E-state index is 12.9. The van der Waals surface area contributed by atoms with Crippen molar-refractivity contribution < 1.29 is 19.0 Å². The van der Waals surface area contributed by atoms with E-state index in [1.54, 1.807) is 49.4 Å². The summed E-state index contributed by atoms with van der Waals surface area (Å²) in [6.07, 6.45) is 3.71. The zero-order chi connectivity index (χ0) is 21.4. The maximum absolute atomic E-state index is 12.9. The van der Waals surface area contributed by atoms with E-state index >= 15 is 0 Å². The molecule has 0 fully saturated rings. The molecular formula is C24H22N3O3+. The highest BCUT2D eigenvalue weighted by Crippen LogP contribution is 2.29. The first-order valence-corrected chi connectivity index (χ1v) is 9.68. The average Bonchev–Trinajstić information content (AvgIpc) is 2.77. The van der Waals surface area contributed by atoms with E-state index in [0.717, 1.165) is 5.69 Å². The summed E-state index contributed by atoms with van der Waals surface area (Å²) in [6, 6.07) is 15.1. The molecule has 4 rings (SSSR count). The predicted octanol–water partition coefficient (Wildman–Crippen LogP) is 3.02. The maximum Gasteiger partial charge on any atom is 0.293 e. The van der Waals surface area contributed by atoms with Gasteiger partial charge in [0, 0.05) is 66.8 Å². The highest BCUT2D eigenvalue weighted by atomic mass is 16.2. The third-order valence-electron chi connectivity index (χ3n) is 5.37. The molecule has 1 aromatic heterocycles. The Labute approximate surface area is 174 Å². The Morgan fingerprint density at radius 3 is 2.03 bits per heavy atom. The number of amides is 1. The summed E-state index contributed by atoms with van der Waals surface area (Å²) in [4.78, 5) is 40.3. The number of ketones is 2. The van der Waals surface area contributed by atoms with Gasteiger partial charge in [0.1, 0.15) is 0 Å². The van der Waals surface area contributed by atoms with Crippen LogP contribution in [-0.4, -0.2) is 31.6 Å². The van der Waals surface area contributed by atoms with Gasteiger partial charge in [-0.2, -0.15) is 4.57 Å². The van der Waals surface area contributed by atoms with Crippen molar-refractivity contribution in [2.75, 3.05) is 24.3 Å². The smallest absolute Gasteiger partial charge is 0.293 e. The van der Waals surface area contributed by atoms with Gasteiger partial charge in [0.2, 0.25) is 6.04 Å². The number of hydrogen-bond donors (Lipinski definition) is 1. The number of aromatic nitrogens is 1. The monoisotopic (exact) mass is 400 g/mol. The van der Waals surface area contributed by atoms with Crippen LogP contribution >= 0.6 is 0 Å². The second-order valence-electron chi connectivity index (χ2n) is 7.53. The number of carbonyl (C=O) groups is 3. The molecule has 0 saturated carbocycles. The van der Waals surface area contributed by atoms with Gasteiger partial charge in [0.25, 0.3) is 5.91 Å². The summed E-state index contributed by atoms with van der Waals surface area (Å²) in [5.41, 5.74) is 3.00. The molecule has 2 aromatic carbocycles. The summed E-state index contributed by atoms with van der Waals surface area (Å²) in [7, 11) is 3.91. The van der Waals surface area contributed by atoms with Gasteiger partial charge in [-0.1, -0.05) is 24.3 Å². The van der Waals surface area contributed by atoms with Gasteiger partial charge in [-0.25, -0.2) is 0 Å². The minimum Gasteiger partial charge on any atom is -0.377 e. The SMILES string of the molecule is C[C@@H](C(=O)Nc1ccc2c(c1)C(=O)c1ccccc1C2=O)[n+]1ccc(N(C)C)cc1. The molecule has 6 nitrogen and oxygen atoms in total. The van der Waals surface area contributed by atoms with E-state index in [9.17, 15) is 14.4 Å². The van der Waals surface area contributed by atoms with Crippen molar-refractivity contribution in [2.24, 2.45) is 0 Å². The third kappa shape index (κ3) is 3.37. The second-order valence-corrected chi connectivity index (χ2v) is 7.53. The first-order valence-electron chi connectivity index (χ1n) is 9.68. The fourth-order valence-corrected chi connectivity index (χ4v) is 3.55. The van der Waals surface area contributed by atoms with E-state index in [2.05, 4.69) is 5.32 Å². The first-order chi connectivity index (χ1) is 14.4. The summed E-state index contributed by atoms with van der Waals surface area (Å²) < 4.78 is 1.81. The highest BCUT2D eigenvalue weighted by molar-refractivity contribution is 6.28. The van der Waals surface area contributed by atoms with Crippen LogP contribution in [0.15, 0.2) is 67.0 Å². The lowest BCUT2D eigenvalue weighted by atomic mass is 9.84. The molecule has 150 valence electrons. The van der Waals surface area contributed by atoms with Crippen molar-refractivity contribution in [3.8, 4) is 0 Å². The van der Waals surface area contributed by atoms with E-state index < -0.39 is 6.04 Å². The van der Waals surface area contributed by atoms with Crippen molar-refractivity contribution in [2.45, 2.75) is 13.0 Å². The van der Waals surface area contributed by atoms with Gasteiger partial charge in [0.05, 0.1) is 0 Å². The highest BCUT2D eigenvalue weighted by Gasteiger charge is 2.30. The Morgan fingerprint density at radius 2 is 1.43 bits per heavy atom. The van der Waals surface area contributed by atoms with Crippen LogP contribution in [0.1, 0.15) is 44.8 Å². The fourth-order valence-electron chi connectivity index (χ4n) is 3.55. The van der Waals surface area contributed by atoms with Crippen molar-refractivity contribution in [3.05, 3.63) is 89.2 Å². The fraction of sp³-hybridized carbons (Fsp3) is 0.167. The number of rotatable bonds is 4. The van der Waals surface area contributed by atoms with Gasteiger partial charge in [-0.15, -0.1) is 0 Å². The summed E-state index contributed by atoms with van der Waals surface area (Å²) >= 11 is 0. The molecular weight excluding hydrogens is 378 g/mol. The molecule has 0 unspecified atom stereocenters. The lowest BCUT2D eigenvalue weighted by Crippen LogP contribution is -2.44. The zero-order valence-electron chi connectivity index (χ0n) is 17.0. The third-order valence-corrected chi connectivity index (χ3v) is 5.37. The quantitative estimate of drug-likeness (QED) is 0.535. The lowest BCUT2D eigenvalue weighted by Gasteiger charge is -2.18. The molecule has 1 atom stereocenters. The molecule has 3 aromatic rings. The van der Waals surface area contributed by atoms with Crippen molar-refractivity contribution >= 4 is 28.8 Å². The van der Waals surface area contributed by atoms with Crippen LogP contribution < -0.4 is 14.8 Å². The van der Waals surface area contributed by atoms with E-state index in [1.807, 2.05) is 48.1 Å². The molecule has 1 amide bonds. The molecule has 0 bridgehead atoms. The minimum atomic E-state index is -0.449. The Morgan fingerprint density at radius 1 is 0.867 bits per heavy atom. The molecule has 30 heavy (non-hydrogen) atoms. The largest absolute Gasteiger partial charge is 0.377 e. The number of fused-ring (bicyclic) bond motifs is 2. The molecule has 1 N–H and O–H groups in total. The number of benzene rings is 2. The molecule has 1 aliphatic rings. The van der Waals surface area contributed by atoms with Crippen LogP contribution in [0.3, 0.4) is 0 Å².